The van der Waals surface area contributed by atoms with Crippen molar-refractivity contribution in [3.05, 3.63) is 41.8 Å². The number of aliphatic imine (C=N–C) groups is 1. The number of thioether (sulfide) groups is 1. The Morgan fingerprint density at radius 1 is 1.36 bits per heavy atom. The summed E-state index contributed by atoms with van der Waals surface area (Å²) >= 11 is 2.01. The molecule has 3 rings (SSSR count). The molecule has 134 valence electrons. The zero-order valence-corrected chi connectivity index (χ0v) is 15.7. The lowest BCUT2D eigenvalue weighted by molar-refractivity contribution is 0.572. The molecule has 0 aliphatic carbocycles. The molecule has 5 nitrogen and oxygen atoms in total. The Labute approximate surface area is 153 Å². The Hall–Kier alpha value is -1.95. The van der Waals surface area contributed by atoms with E-state index in [1.165, 1.54) is 24.2 Å². The fourth-order valence-corrected chi connectivity index (χ4v) is 3.81. The number of aromatic nitrogens is 1. The highest BCUT2D eigenvalue weighted by Gasteiger charge is 2.15. The second-order valence-electron chi connectivity index (χ2n) is 6.26. The molecule has 1 saturated heterocycles. The van der Waals surface area contributed by atoms with E-state index in [1.807, 2.05) is 23.9 Å². The maximum Gasteiger partial charge on any atom is 0.226 e. The van der Waals surface area contributed by atoms with Crippen LogP contribution in [0.1, 0.15) is 31.0 Å². The summed E-state index contributed by atoms with van der Waals surface area (Å²) in [6, 6.07) is 8.68. The van der Waals surface area contributed by atoms with Crippen LogP contribution in [0.3, 0.4) is 0 Å². The molecule has 6 heteroatoms. The van der Waals surface area contributed by atoms with Gasteiger partial charge >= 0.3 is 0 Å². The second-order valence-corrected chi connectivity index (χ2v) is 7.41. The smallest absolute Gasteiger partial charge is 0.226 e. The number of guanidine groups is 1. The van der Waals surface area contributed by atoms with Gasteiger partial charge in [-0.25, -0.2) is 9.98 Å². The first-order chi connectivity index (χ1) is 12.2. The van der Waals surface area contributed by atoms with E-state index >= 15 is 0 Å². The van der Waals surface area contributed by atoms with E-state index in [0.29, 0.717) is 18.5 Å². The summed E-state index contributed by atoms with van der Waals surface area (Å²) in [5, 5.41) is 6.85. The summed E-state index contributed by atoms with van der Waals surface area (Å²) in [6.45, 7) is 5.50. The predicted molar refractivity (Wildman–Crippen MR) is 105 cm³/mol. The minimum absolute atomic E-state index is 0.497. The van der Waals surface area contributed by atoms with Crippen LogP contribution in [0.25, 0.3) is 11.5 Å². The van der Waals surface area contributed by atoms with Gasteiger partial charge in [-0.1, -0.05) is 17.7 Å². The van der Waals surface area contributed by atoms with Crippen LogP contribution in [-0.4, -0.2) is 35.0 Å². The van der Waals surface area contributed by atoms with Crippen molar-refractivity contribution in [2.24, 2.45) is 4.99 Å². The number of nitrogens with zero attached hydrogens (tertiary/aromatic N) is 2. The number of nitrogens with one attached hydrogen (secondary N) is 2. The molecule has 25 heavy (non-hydrogen) atoms. The van der Waals surface area contributed by atoms with Gasteiger partial charge in [0.15, 0.2) is 5.96 Å². The van der Waals surface area contributed by atoms with Crippen LogP contribution in [0, 0.1) is 6.92 Å². The number of hydrogen-bond acceptors (Lipinski definition) is 4. The Morgan fingerprint density at radius 3 is 2.92 bits per heavy atom. The van der Waals surface area contributed by atoms with Crippen LogP contribution in [0.4, 0.5) is 0 Å². The molecule has 1 aromatic carbocycles. The summed E-state index contributed by atoms with van der Waals surface area (Å²) in [7, 11) is 0. The summed E-state index contributed by atoms with van der Waals surface area (Å²) in [5.41, 5.74) is 3.05. The van der Waals surface area contributed by atoms with Crippen molar-refractivity contribution in [2.45, 2.75) is 39.3 Å². The highest BCUT2D eigenvalue weighted by molar-refractivity contribution is 7.99. The van der Waals surface area contributed by atoms with Gasteiger partial charge in [0.2, 0.25) is 5.89 Å². The van der Waals surface area contributed by atoms with E-state index < -0.39 is 0 Å². The number of rotatable bonds is 5. The van der Waals surface area contributed by atoms with E-state index in [9.17, 15) is 0 Å². The fraction of sp³-hybridized carbons (Fsp3) is 0.474. The molecule has 1 aliphatic rings. The van der Waals surface area contributed by atoms with Gasteiger partial charge in [-0.2, -0.15) is 11.8 Å². The monoisotopic (exact) mass is 358 g/mol. The topological polar surface area (TPSA) is 62.5 Å². The van der Waals surface area contributed by atoms with E-state index in [2.05, 4.69) is 46.6 Å². The van der Waals surface area contributed by atoms with Gasteiger partial charge in [0.1, 0.15) is 12.0 Å². The third-order valence-electron chi connectivity index (χ3n) is 4.09. The van der Waals surface area contributed by atoms with Gasteiger partial charge in [-0.15, -0.1) is 0 Å². The molecule has 2 heterocycles. The summed E-state index contributed by atoms with van der Waals surface area (Å²) in [6.07, 6.45) is 4.17. The minimum Gasteiger partial charge on any atom is -0.444 e. The Kier molecular flexibility index (Phi) is 6.39. The van der Waals surface area contributed by atoms with Crippen molar-refractivity contribution in [3.8, 4) is 11.5 Å². The van der Waals surface area contributed by atoms with Crippen molar-refractivity contribution in [3.63, 3.8) is 0 Å². The summed E-state index contributed by atoms with van der Waals surface area (Å²) in [4.78, 5) is 9.22. The molecule has 1 fully saturated rings. The highest BCUT2D eigenvalue weighted by Crippen LogP contribution is 2.19. The molecule has 1 atom stereocenters. The highest BCUT2D eigenvalue weighted by atomic mass is 32.2. The predicted octanol–water partition coefficient (Wildman–Crippen LogP) is 3.60. The van der Waals surface area contributed by atoms with Crippen LogP contribution < -0.4 is 10.6 Å². The molecular weight excluding hydrogens is 332 g/mol. The number of hydrogen-bond donors (Lipinski definition) is 2. The summed E-state index contributed by atoms with van der Waals surface area (Å²) in [5.74, 6) is 3.92. The third-order valence-corrected chi connectivity index (χ3v) is 5.31. The average Bonchev–Trinajstić information content (AvgIpc) is 3.10. The first-order valence-corrected chi connectivity index (χ1v) is 10.0. The van der Waals surface area contributed by atoms with Gasteiger partial charge in [0.25, 0.3) is 0 Å². The lowest BCUT2D eigenvalue weighted by Gasteiger charge is -2.24. The van der Waals surface area contributed by atoms with Crippen molar-refractivity contribution in [1.29, 1.82) is 0 Å². The molecule has 2 N–H and O–H groups in total. The Bertz CT molecular complexity index is 690. The first-order valence-electron chi connectivity index (χ1n) is 8.88. The van der Waals surface area contributed by atoms with Gasteiger partial charge in [-0.05, 0) is 44.6 Å². The van der Waals surface area contributed by atoms with Crippen LogP contribution >= 0.6 is 11.8 Å². The SMILES string of the molecule is CCNC(=NCc1coc(-c2ccc(C)cc2)n1)NC1CCCSC1. The molecule has 1 unspecified atom stereocenters. The van der Waals surface area contributed by atoms with Gasteiger partial charge in [0, 0.05) is 23.9 Å². The van der Waals surface area contributed by atoms with Crippen molar-refractivity contribution in [1.82, 2.24) is 15.6 Å². The number of benzene rings is 1. The maximum absolute atomic E-state index is 5.61. The largest absolute Gasteiger partial charge is 0.444 e. The number of oxazole rings is 1. The van der Waals surface area contributed by atoms with Crippen LogP contribution in [0.15, 0.2) is 39.9 Å². The zero-order chi connectivity index (χ0) is 17.5. The third kappa shape index (κ3) is 5.26. The Balaban J connectivity index is 1.63. The normalized spacial score (nSPS) is 18.2. The zero-order valence-electron chi connectivity index (χ0n) is 14.9. The quantitative estimate of drug-likeness (QED) is 0.632. The second kappa shape index (κ2) is 8.94. The standard InChI is InChI=1S/C19H26N4OS/c1-3-20-19(23-16-5-4-10-25-13-16)21-11-17-12-24-18(22-17)15-8-6-14(2)7-9-15/h6-9,12,16H,3-5,10-11,13H2,1-2H3,(H2,20,21,23). The molecule has 2 aromatic rings. The molecule has 0 spiro atoms. The molecule has 0 saturated carbocycles. The molecule has 1 aliphatic heterocycles. The van der Waals surface area contributed by atoms with Gasteiger partial charge in [0.05, 0.1) is 6.54 Å². The van der Waals surface area contributed by atoms with Crippen LogP contribution in [0.2, 0.25) is 0 Å². The molecule has 1 aromatic heterocycles. The van der Waals surface area contributed by atoms with E-state index in [4.69, 9.17) is 4.42 Å². The van der Waals surface area contributed by atoms with E-state index in [0.717, 1.165) is 29.5 Å². The lowest BCUT2D eigenvalue weighted by atomic mass is 10.1. The molecule has 0 radical (unpaired) electrons. The lowest BCUT2D eigenvalue weighted by Crippen LogP contribution is -2.45. The average molecular weight is 359 g/mol. The van der Waals surface area contributed by atoms with Gasteiger partial charge in [-0.3, -0.25) is 0 Å². The Morgan fingerprint density at radius 2 is 2.20 bits per heavy atom. The van der Waals surface area contributed by atoms with Gasteiger partial charge < -0.3 is 15.1 Å². The molecular formula is C19H26N4OS. The summed E-state index contributed by atoms with van der Waals surface area (Å²) < 4.78 is 5.61. The van der Waals surface area contributed by atoms with Crippen LogP contribution in [0.5, 0.6) is 0 Å². The number of aryl methyl sites for hydroxylation is 1. The van der Waals surface area contributed by atoms with Crippen molar-refractivity contribution >= 4 is 17.7 Å². The first kappa shape index (κ1) is 17.9. The van der Waals surface area contributed by atoms with Crippen molar-refractivity contribution < 1.29 is 4.42 Å². The van der Waals surface area contributed by atoms with E-state index in [-0.39, 0.29) is 0 Å². The minimum atomic E-state index is 0.497. The fourth-order valence-electron chi connectivity index (χ4n) is 2.74. The van der Waals surface area contributed by atoms with Crippen molar-refractivity contribution in [2.75, 3.05) is 18.1 Å². The molecule has 0 amide bonds. The van der Waals surface area contributed by atoms with E-state index in [1.54, 1.807) is 6.26 Å². The molecule has 0 bridgehead atoms. The van der Waals surface area contributed by atoms with Crippen LogP contribution in [-0.2, 0) is 6.54 Å². The maximum atomic E-state index is 5.61.